The molecular weight excluding hydrogens is 378 g/mol. The normalized spacial score (nSPS) is 18.9. The Morgan fingerprint density at radius 2 is 1.89 bits per heavy atom. The highest BCUT2D eigenvalue weighted by atomic mass is 32.2. The van der Waals surface area contributed by atoms with Gasteiger partial charge >= 0.3 is 0 Å². The van der Waals surface area contributed by atoms with E-state index in [2.05, 4.69) is 0 Å². The lowest BCUT2D eigenvalue weighted by molar-refractivity contribution is -0.135. The summed E-state index contributed by atoms with van der Waals surface area (Å²) in [6.07, 6.45) is 5.66. The summed E-state index contributed by atoms with van der Waals surface area (Å²) < 4.78 is 5.36. The molecule has 0 unspecified atom stereocenters. The average molecular weight is 399 g/mol. The molecule has 3 amide bonds. The Balaban J connectivity index is 1.72. The first-order valence-electron chi connectivity index (χ1n) is 9.22. The Morgan fingerprint density at radius 3 is 2.61 bits per heavy atom. The van der Waals surface area contributed by atoms with Crippen molar-refractivity contribution in [3.05, 3.63) is 34.7 Å². The maximum absolute atomic E-state index is 12.7. The molecule has 2 heterocycles. The van der Waals surface area contributed by atoms with Crippen LogP contribution in [0.25, 0.3) is 6.08 Å². The van der Waals surface area contributed by atoms with Crippen molar-refractivity contribution >= 4 is 34.9 Å². The minimum atomic E-state index is -0.478. The van der Waals surface area contributed by atoms with Gasteiger partial charge in [-0.2, -0.15) is 5.26 Å². The standard InChI is InChI=1S/C20H21N3O4S/c21-9-12-27-16-8-4-3-7-15(16)13-17-19(25)23(20(26)28-17)14-18(24)22-10-5-1-2-6-11-22/h3-4,7-8,13H,1-2,5-6,10-12,14H2/b17-13-. The first-order chi connectivity index (χ1) is 13.6. The second-order valence-corrected chi connectivity index (χ2v) is 7.54. The number of nitrogens with zero attached hydrogens (tertiary/aromatic N) is 3. The number of carbonyl (C=O) groups is 3. The van der Waals surface area contributed by atoms with Crippen molar-refractivity contribution in [2.45, 2.75) is 25.7 Å². The SMILES string of the molecule is N#CCOc1ccccc1/C=C1\SC(=O)N(CC(=O)N2CCCCCC2)C1=O. The number of amides is 3. The van der Waals surface area contributed by atoms with E-state index in [-0.39, 0.29) is 24.0 Å². The number of nitriles is 1. The number of para-hydroxylation sites is 1. The molecule has 0 bridgehead atoms. The Labute approximate surface area is 167 Å². The fourth-order valence-electron chi connectivity index (χ4n) is 3.17. The van der Waals surface area contributed by atoms with Crippen LogP contribution in [0.5, 0.6) is 5.75 Å². The molecule has 0 N–H and O–H groups in total. The minimum absolute atomic E-state index is 0.114. The van der Waals surface area contributed by atoms with E-state index in [0.717, 1.165) is 42.3 Å². The molecular formula is C20H21N3O4S. The highest BCUT2D eigenvalue weighted by Crippen LogP contribution is 2.34. The number of rotatable bonds is 5. The molecule has 2 aliphatic heterocycles. The van der Waals surface area contributed by atoms with Crippen LogP contribution in [-0.4, -0.2) is 53.1 Å². The van der Waals surface area contributed by atoms with Crippen LogP contribution in [0.1, 0.15) is 31.2 Å². The summed E-state index contributed by atoms with van der Waals surface area (Å²) >= 11 is 0.809. The number of imide groups is 1. The molecule has 1 aromatic carbocycles. The van der Waals surface area contributed by atoms with Gasteiger partial charge in [0.15, 0.2) is 6.61 Å². The fourth-order valence-corrected chi connectivity index (χ4v) is 4.00. The number of carbonyl (C=O) groups excluding carboxylic acids is 3. The van der Waals surface area contributed by atoms with Crippen LogP contribution in [0.2, 0.25) is 0 Å². The van der Waals surface area contributed by atoms with E-state index in [9.17, 15) is 14.4 Å². The first kappa shape index (κ1) is 20.0. The molecule has 0 aromatic heterocycles. The van der Waals surface area contributed by atoms with Gasteiger partial charge in [-0.15, -0.1) is 0 Å². The number of hydrogen-bond donors (Lipinski definition) is 0. The zero-order chi connectivity index (χ0) is 19.9. The summed E-state index contributed by atoms with van der Waals surface area (Å²) in [5.74, 6) is -0.215. The van der Waals surface area contributed by atoms with Crippen molar-refractivity contribution in [3.8, 4) is 11.8 Å². The third-order valence-corrected chi connectivity index (χ3v) is 5.53. The quantitative estimate of drug-likeness (QED) is 0.707. The maximum Gasteiger partial charge on any atom is 0.294 e. The molecule has 0 aliphatic carbocycles. The second-order valence-electron chi connectivity index (χ2n) is 6.55. The molecule has 7 nitrogen and oxygen atoms in total. The van der Waals surface area contributed by atoms with E-state index < -0.39 is 11.1 Å². The molecule has 3 rings (SSSR count). The van der Waals surface area contributed by atoms with Gasteiger partial charge in [0, 0.05) is 18.7 Å². The molecule has 0 spiro atoms. The fraction of sp³-hybridized carbons (Fsp3) is 0.400. The Hall–Kier alpha value is -2.79. The average Bonchev–Trinajstić information content (AvgIpc) is 2.90. The Bertz CT molecular complexity index is 838. The van der Waals surface area contributed by atoms with Crippen molar-refractivity contribution in [1.82, 2.24) is 9.80 Å². The highest BCUT2D eigenvalue weighted by Gasteiger charge is 2.37. The van der Waals surface area contributed by atoms with Crippen molar-refractivity contribution in [2.24, 2.45) is 0 Å². The van der Waals surface area contributed by atoms with E-state index in [0.29, 0.717) is 24.4 Å². The van der Waals surface area contributed by atoms with Crippen LogP contribution in [0.3, 0.4) is 0 Å². The van der Waals surface area contributed by atoms with Crippen molar-refractivity contribution in [2.75, 3.05) is 26.2 Å². The lowest BCUT2D eigenvalue weighted by Gasteiger charge is -2.22. The van der Waals surface area contributed by atoms with Crippen molar-refractivity contribution in [3.63, 3.8) is 0 Å². The van der Waals surface area contributed by atoms with Gasteiger partial charge in [0.2, 0.25) is 5.91 Å². The predicted octanol–water partition coefficient (Wildman–Crippen LogP) is 3.03. The summed E-state index contributed by atoms with van der Waals surface area (Å²) in [6, 6.07) is 8.86. The summed E-state index contributed by atoms with van der Waals surface area (Å²) in [6.45, 7) is 1.01. The van der Waals surface area contributed by atoms with E-state index in [1.54, 1.807) is 35.2 Å². The monoisotopic (exact) mass is 399 g/mol. The van der Waals surface area contributed by atoms with Crippen molar-refractivity contribution < 1.29 is 19.1 Å². The number of ether oxygens (including phenoxy) is 1. The number of hydrogen-bond acceptors (Lipinski definition) is 6. The van der Waals surface area contributed by atoms with Gasteiger partial charge in [0.05, 0.1) is 4.91 Å². The van der Waals surface area contributed by atoms with E-state index >= 15 is 0 Å². The first-order valence-corrected chi connectivity index (χ1v) is 10.0. The molecule has 1 aromatic rings. The maximum atomic E-state index is 12.7. The Morgan fingerprint density at radius 1 is 1.18 bits per heavy atom. The summed E-state index contributed by atoms with van der Waals surface area (Å²) in [7, 11) is 0. The van der Waals surface area contributed by atoms with Gasteiger partial charge in [-0.05, 0) is 36.7 Å². The molecule has 28 heavy (non-hydrogen) atoms. The van der Waals surface area contributed by atoms with E-state index in [1.165, 1.54) is 0 Å². The summed E-state index contributed by atoms with van der Waals surface area (Å²) in [5, 5.41) is 8.24. The van der Waals surface area contributed by atoms with Crippen LogP contribution in [0.4, 0.5) is 4.79 Å². The summed E-state index contributed by atoms with van der Waals surface area (Å²) in [4.78, 5) is 40.5. The van der Waals surface area contributed by atoms with Gasteiger partial charge in [-0.3, -0.25) is 19.3 Å². The van der Waals surface area contributed by atoms with E-state index in [4.69, 9.17) is 10.00 Å². The molecule has 8 heteroatoms. The predicted molar refractivity (Wildman–Crippen MR) is 105 cm³/mol. The molecule has 0 atom stereocenters. The third-order valence-electron chi connectivity index (χ3n) is 4.62. The molecule has 146 valence electrons. The molecule has 2 aliphatic rings. The van der Waals surface area contributed by atoms with Gasteiger partial charge < -0.3 is 9.64 Å². The van der Waals surface area contributed by atoms with E-state index in [1.807, 2.05) is 6.07 Å². The number of likely N-dealkylation sites (tertiary alicyclic amines) is 1. The number of benzene rings is 1. The Kier molecular flexibility index (Phi) is 6.71. The van der Waals surface area contributed by atoms with Crippen LogP contribution in [0.15, 0.2) is 29.2 Å². The zero-order valence-corrected chi connectivity index (χ0v) is 16.2. The minimum Gasteiger partial charge on any atom is -0.478 e. The van der Waals surface area contributed by atoms with Gasteiger partial charge in [-0.25, -0.2) is 0 Å². The van der Waals surface area contributed by atoms with Gasteiger partial charge in [-0.1, -0.05) is 31.0 Å². The number of thioether (sulfide) groups is 1. The zero-order valence-electron chi connectivity index (χ0n) is 15.4. The largest absolute Gasteiger partial charge is 0.478 e. The van der Waals surface area contributed by atoms with Crippen LogP contribution in [0, 0.1) is 11.3 Å². The molecule has 2 fully saturated rings. The lowest BCUT2D eigenvalue weighted by Crippen LogP contribution is -2.42. The smallest absolute Gasteiger partial charge is 0.294 e. The topological polar surface area (TPSA) is 90.7 Å². The van der Waals surface area contributed by atoms with Crippen molar-refractivity contribution in [1.29, 1.82) is 5.26 Å². The molecule has 0 saturated carbocycles. The highest BCUT2D eigenvalue weighted by molar-refractivity contribution is 8.18. The van der Waals surface area contributed by atoms with Gasteiger partial charge in [0.1, 0.15) is 18.4 Å². The van der Waals surface area contributed by atoms with Crippen LogP contribution in [-0.2, 0) is 9.59 Å². The molecule has 0 radical (unpaired) electrons. The second kappa shape index (κ2) is 9.42. The molecule has 2 saturated heterocycles. The van der Waals surface area contributed by atoms with Crippen LogP contribution >= 0.6 is 11.8 Å². The van der Waals surface area contributed by atoms with Crippen LogP contribution < -0.4 is 4.74 Å². The van der Waals surface area contributed by atoms with Gasteiger partial charge in [0.25, 0.3) is 11.1 Å². The third kappa shape index (κ3) is 4.73. The summed E-state index contributed by atoms with van der Waals surface area (Å²) in [5.41, 5.74) is 0.599. The lowest BCUT2D eigenvalue weighted by atomic mass is 10.2.